The Morgan fingerprint density at radius 3 is 2.55 bits per heavy atom. The molecule has 0 radical (unpaired) electrons. The van der Waals surface area contributed by atoms with Crippen LogP contribution in [-0.2, 0) is 11.3 Å². The molecule has 4 rings (SSSR count). The van der Waals surface area contributed by atoms with Crippen LogP contribution in [-0.4, -0.2) is 39.1 Å². The van der Waals surface area contributed by atoms with Crippen molar-refractivity contribution in [1.82, 2.24) is 20.4 Å². The number of carbonyl (C=O) groups excluding carboxylic acids is 2. The average molecular weight is 440 g/mol. The van der Waals surface area contributed by atoms with Crippen molar-refractivity contribution in [3.05, 3.63) is 65.5 Å². The maximum absolute atomic E-state index is 13.0. The molecule has 0 spiro atoms. The van der Waals surface area contributed by atoms with Crippen molar-refractivity contribution in [2.45, 2.75) is 38.4 Å². The monoisotopic (exact) mass is 439 g/mol. The number of anilines is 1. The van der Waals surface area contributed by atoms with Crippen molar-refractivity contribution in [3.63, 3.8) is 0 Å². The predicted octanol–water partition coefficient (Wildman–Crippen LogP) is 4.09. The van der Waals surface area contributed by atoms with Gasteiger partial charge < -0.3 is 20.0 Å². The van der Waals surface area contributed by atoms with Crippen molar-refractivity contribution in [2.75, 3.05) is 5.32 Å². The third-order valence-electron chi connectivity index (χ3n) is 4.90. The van der Waals surface area contributed by atoms with Crippen molar-refractivity contribution in [1.29, 1.82) is 0 Å². The second-order valence-electron chi connectivity index (χ2n) is 7.36. The van der Waals surface area contributed by atoms with Crippen LogP contribution in [0.4, 0.5) is 10.5 Å². The summed E-state index contributed by atoms with van der Waals surface area (Å²) in [6, 6.07) is 15.2. The number of nitrogens with zero attached hydrogens (tertiary/aromatic N) is 3. The molecule has 8 nitrogen and oxygen atoms in total. The Morgan fingerprint density at radius 2 is 1.84 bits per heavy atom. The Hall–Kier alpha value is -3.39. The van der Waals surface area contributed by atoms with E-state index in [1.165, 1.54) is 0 Å². The van der Waals surface area contributed by atoms with Crippen molar-refractivity contribution >= 4 is 29.2 Å². The van der Waals surface area contributed by atoms with Crippen molar-refractivity contribution in [3.8, 4) is 11.5 Å². The summed E-state index contributed by atoms with van der Waals surface area (Å²) in [5.74, 6) is 0.413. The van der Waals surface area contributed by atoms with Gasteiger partial charge in [-0.05, 0) is 44.0 Å². The lowest BCUT2D eigenvalue weighted by Crippen LogP contribution is -2.48. The lowest BCUT2D eigenvalue weighted by atomic mass is 10.2. The van der Waals surface area contributed by atoms with Crippen molar-refractivity contribution < 1.29 is 14.0 Å². The number of amides is 3. The van der Waals surface area contributed by atoms with Crippen molar-refractivity contribution in [2.24, 2.45) is 0 Å². The highest BCUT2D eigenvalue weighted by atomic mass is 35.5. The first-order valence-electron chi connectivity index (χ1n) is 10.0. The van der Waals surface area contributed by atoms with Gasteiger partial charge in [-0.25, -0.2) is 4.79 Å². The third-order valence-corrected chi connectivity index (χ3v) is 5.23. The second kappa shape index (κ2) is 9.18. The quantitative estimate of drug-likeness (QED) is 0.577. The summed E-state index contributed by atoms with van der Waals surface area (Å²) in [5.41, 5.74) is 1.29. The van der Waals surface area contributed by atoms with Crippen LogP contribution in [0.2, 0.25) is 5.02 Å². The molecule has 1 fully saturated rings. The molecule has 1 saturated carbocycles. The van der Waals surface area contributed by atoms with E-state index in [4.69, 9.17) is 16.0 Å². The molecule has 160 valence electrons. The predicted molar refractivity (Wildman–Crippen MR) is 116 cm³/mol. The smallest absolute Gasteiger partial charge is 0.319 e. The Morgan fingerprint density at radius 1 is 1.13 bits per heavy atom. The van der Waals surface area contributed by atoms with E-state index in [2.05, 4.69) is 20.8 Å². The minimum absolute atomic E-state index is 0.101. The van der Waals surface area contributed by atoms with Crippen LogP contribution in [0.1, 0.15) is 25.7 Å². The van der Waals surface area contributed by atoms with E-state index < -0.39 is 12.1 Å². The molecular formula is C22H22ClN5O3. The molecule has 1 heterocycles. The Labute approximate surface area is 184 Å². The fourth-order valence-corrected chi connectivity index (χ4v) is 3.39. The summed E-state index contributed by atoms with van der Waals surface area (Å²) in [6.45, 7) is 1.83. The highest BCUT2D eigenvalue weighted by molar-refractivity contribution is 6.33. The van der Waals surface area contributed by atoms with E-state index >= 15 is 0 Å². The van der Waals surface area contributed by atoms with Gasteiger partial charge in [0.1, 0.15) is 6.04 Å². The van der Waals surface area contributed by atoms with E-state index in [1.54, 1.807) is 36.1 Å². The first-order valence-corrected chi connectivity index (χ1v) is 10.4. The highest BCUT2D eigenvalue weighted by Crippen LogP contribution is 2.30. The number of hydrogen-bond donors (Lipinski definition) is 2. The maximum Gasteiger partial charge on any atom is 0.319 e. The van der Waals surface area contributed by atoms with Gasteiger partial charge in [-0.15, -0.1) is 10.2 Å². The molecule has 3 amide bonds. The first-order chi connectivity index (χ1) is 15.0. The largest absolute Gasteiger partial charge is 0.419 e. The minimum Gasteiger partial charge on any atom is -0.419 e. The zero-order valence-corrected chi connectivity index (χ0v) is 17.7. The zero-order chi connectivity index (χ0) is 21.8. The van der Waals surface area contributed by atoms with Crippen LogP contribution in [0.5, 0.6) is 0 Å². The van der Waals surface area contributed by atoms with Gasteiger partial charge in [0.15, 0.2) is 0 Å². The van der Waals surface area contributed by atoms with Gasteiger partial charge in [0.2, 0.25) is 17.7 Å². The number of halogens is 1. The number of benzene rings is 2. The summed E-state index contributed by atoms with van der Waals surface area (Å²) in [7, 11) is 0. The van der Waals surface area contributed by atoms with Crippen LogP contribution < -0.4 is 10.6 Å². The minimum atomic E-state index is -0.713. The van der Waals surface area contributed by atoms with Crippen LogP contribution in [0, 0.1) is 0 Å². The van der Waals surface area contributed by atoms with Gasteiger partial charge in [0.25, 0.3) is 0 Å². The first kappa shape index (κ1) is 20.9. The molecule has 9 heteroatoms. The SMILES string of the molecule is C[C@@H](NC(=O)Nc1ccccc1)C(=O)N(Cc1nnc(-c2ccccc2Cl)o1)C1CC1. The second-order valence-corrected chi connectivity index (χ2v) is 7.77. The topological polar surface area (TPSA) is 100 Å². The molecule has 1 aliphatic carbocycles. The van der Waals surface area contributed by atoms with E-state index in [0.29, 0.717) is 28.1 Å². The molecule has 2 N–H and O–H groups in total. The standard InChI is InChI=1S/C22H22ClN5O3/c1-14(24-22(30)25-15-7-3-2-4-8-15)21(29)28(16-11-12-16)13-19-26-27-20(31-19)17-9-5-6-10-18(17)23/h2-10,14,16H,11-13H2,1H3,(H2,24,25,30)/t14-/m1/s1. The summed E-state index contributed by atoms with van der Waals surface area (Å²) >= 11 is 6.19. The Bertz CT molecular complexity index is 1070. The summed E-state index contributed by atoms with van der Waals surface area (Å²) in [5, 5.41) is 14.0. The van der Waals surface area contributed by atoms with Crippen LogP contribution in [0.25, 0.3) is 11.5 Å². The number of urea groups is 1. The van der Waals surface area contributed by atoms with Gasteiger partial charge >= 0.3 is 6.03 Å². The fraction of sp³-hybridized carbons (Fsp3) is 0.273. The molecule has 1 aromatic heterocycles. The molecular weight excluding hydrogens is 418 g/mol. The molecule has 0 aliphatic heterocycles. The maximum atomic E-state index is 13.0. The van der Waals surface area contributed by atoms with Crippen LogP contribution >= 0.6 is 11.6 Å². The van der Waals surface area contributed by atoms with Gasteiger partial charge in [0.05, 0.1) is 17.1 Å². The average Bonchev–Trinajstić information content (AvgIpc) is 3.50. The highest BCUT2D eigenvalue weighted by Gasteiger charge is 2.36. The van der Waals surface area contributed by atoms with Gasteiger partial charge in [0, 0.05) is 11.7 Å². The lowest BCUT2D eigenvalue weighted by molar-refractivity contribution is -0.134. The van der Waals surface area contributed by atoms with Gasteiger partial charge in [-0.2, -0.15) is 0 Å². The summed E-state index contributed by atoms with van der Waals surface area (Å²) in [4.78, 5) is 26.9. The third kappa shape index (κ3) is 5.21. The number of para-hydroxylation sites is 1. The molecule has 1 aliphatic rings. The van der Waals surface area contributed by atoms with E-state index in [9.17, 15) is 9.59 Å². The number of nitrogens with one attached hydrogen (secondary N) is 2. The molecule has 0 unspecified atom stereocenters. The van der Waals surface area contributed by atoms with Gasteiger partial charge in [-0.3, -0.25) is 4.79 Å². The molecule has 0 bridgehead atoms. The normalized spacial score (nSPS) is 14.0. The number of carbonyl (C=O) groups is 2. The molecule has 3 aromatic rings. The molecule has 31 heavy (non-hydrogen) atoms. The molecule has 1 atom stereocenters. The fourth-order valence-electron chi connectivity index (χ4n) is 3.18. The van der Waals surface area contributed by atoms with Crippen LogP contribution in [0.15, 0.2) is 59.0 Å². The zero-order valence-electron chi connectivity index (χ0n) is 16.9. The van der Waals surface area contributed by atoms with Crippen LogP contribution in [0.3, 0.4) is 0 Å². The lowest BCUT2D eigenvalue weighted by Gasteiger charge is -2.25. The van der Waals surface area contributed by atoms with E-state index in [0.717, 1.165) is 12.8 Å². The summed E-state index contributed by atoms with van der Waals surface area (Å²) in [6.07, 6.45) is 1.81. The number of rotatable bonds is 7. The Kier molecular flexibility index (Phi) is 6.18. The van der Waals surface area contributed by atoms with E-state index in [-0.39, 0.29) is 18.5 Å². The molecule has 0 saturated heterocycles. The van der Waals surface area contributed by atoms with E-state index in [1.807, 2.05) is 30.3 Å². The Balaban J connectivity index is 1.40. The van der Waals surface area contributed by atoms with Gasteiger partial charge in [-0.1, -0.05) is 41.9 Å². The molecule has 2 aromatic carbocycles. The number of hydrogen-bond acceptors (Lipinski definition) is 5. The summed E-state index contributed by atoms with van der Waals surface area (Å²) < 4.78 is 5.75. The number of aromatic nitrogens is 2.